The summed E-state index contributed by atoms with van der Waals surface area (Å²) in [5.74, 6) is -0.0973. The molecule has 0 atom stereocenters. The van der Waals surface area contributed by atoms with Crippen LogP contribution in [0.3, 0.4) is 0 Å². The van der Waals surface area contributed by atoms with E-state index >= 15 is 0 Å². The molecule has 2 aromatic carbocycles. The molecule has 6 heteroatoms. The minimum atomic E-state index is -5.00. The number of hydrogen-bond acceptors (Lipinski definition) is 4. The first-order valence-corrected chi connectivity index (χ1v) is 6.53. The van der Waals surface area contributed by atoms with E-state index in [1.54, 1.807) is 36.4 Å². The van der Waals surface area contributed by atoms with Crippen LogP contribution in [0.25, 0.3) is 11.1 Å². The van der Waals surface area contributed by atoms with Crippen LogP contribution in [0.4, 0.5) is 3.89 Å². The number of nitrogens with zero attached hydrogens (tertiary/aromatic N) is 1. The molecule has 0 aliphatic heterocycles. The van der Waals surface area contributed by atoms with Crippen LogP contribution in [-0.4, -0.2) is 8.42 Å². The van der Waals surface area contributed by atoms with E-state index in [2.05, 4.69) is 4.18 Å². The summed E-state index contributed by atoms with van der Waals surface area (Å²) in [6.07, 6.45) is 0. The van der Waals surface area contributed by atoms with Gasteiger partial charge in [0, 0.05) is 0 Å². The lowest BCUT2D eigenvalue weighted by Crippen LogP contribution is -2.00. The van der Waals surface area contributed by atoms with E-state index in [1.165, 1.54) is 12.1 Å². The van der Waals surface area contributed by atoms with Crippen LogP contribution in [0.5, 0.6) is 5.75 Å². The first-order chi connectivity index (χ1) is 8.98. The fourth-order valence-corrected chi connectivity index (χ4v) is 1.90. The molecule has 0 heterocycles. The maximum atomic E-state index is 12.3. The molecule has 0 aromatic heterocycles. The molecule has 0 spiro atoms. The maximum absolute atomic E-state index is 12.3. The lowest BCUT2D eigenvalue weighted by molar-refractivity contribution is 0.440. The molecule has 0 saturated heterocycles. The monoisotopic (exact) mass is 277 g/mol. The van der Waals surface area contributed by atoms with Crippen LogP contribution in [0.15, 0.2) is 48.5 Å². The van der Waals surface area contributed by atoms with E-state index in [-0.39, 0.29) is 5.75 Å². The lowest BCUT2D eigenvalue weighted by atomic mass is 10.0. The zero-order chi connectivity index (χ0) is 13.9. The summed E-state index contributed by atoms with van der Waals surface area (Å²) in [5, 5.41) is 8.68. The Morgan fingerprint density at radius 3 is 1.84 bits per heavy atom. The molecule has 0 fully saturated rings. The van der Waals surface area contributed by atoms with Gasteiger partial charge in [0.25, 0.3) is 0 Å². The molecule has 0 radical (unpaired) electrons. The molecule has 0 aliphatic carbocycles. The highest BCUT2D eigenvalue weighted by molar-refractivity contribution is 7.81. The third-order valence-electron chi connectivity index (χ3n) is 2.40. The standard InChI is InChI=1S/C13H8FNO3S/c14-19(16,17)18-13-7-5-12(6-8-13)11-3-1-10(9-15)2-4-11/h1-8H. The van der Waals surface area contributed by atoms with Crippen molar-refractivity contribution in [1.29, 1.82) is 5.26 Å². The van der Waals surface area contributed by atoms with Gasteiger partial charge in [0.2, 0.25) is 0 Å². The fourth-order valence-electron chi connectivity index (χ4n) is 1.56. The topological polar surface area (TPSA) is 67.2 Å². The molecule has 0 amide bonds. The summed E-state index contributed by atoms with van der Waals surface area (Å²) in [6.45, 7) is 0. The van der Waals surface area contributed by atoms with Crippen molar-refractivity contribution >= 4 is 10.5 Å². The molecule has 0 saturated carbocycles. The second kappa shape index (κ2) is 5.08. The second-order valence-electron chi connectivity index (χ2n) is 3.69. The van der Waals surface area contributed by atoms with Crippen molar-refractivity contribution in [3.8, 4) is 22.9 Å². The Morgan fingerprint density at radius 2 is 1.42 bits per heavy atom. The number of halogens is 1. The van der Waals surface area contributed by atoms with Crippen molar-refractivity contribution in [2.75, 3.05) is 0 Å². The molecule has 4 nitrogen and oxygen atoms in total. The van der Waals surface area contributed by atoms with Gasteiger partial charge in [-0.05, 0) is 35.4 Å². The smallest absolute Gasteiger partial charge is 0.358 e. The molecule has 2 rings (SSSR count). The van der Waals surface area contributed by atoms with Gasteiger partial charge in [-0.15, -0.1) is 0 Å². The number of rotatable bonds is 3. The largest absolute Gasteiger partial charge is 0.488 e. The van der Waals surface area contributed by atoms with Crippen molar-refractivity contribution in [2.24, 2.45) is 0 Å². The summed E-state index contributed by atoms with van der Waals surface area (Å²) in [7, 11) is -5.00. The van der Waals surface area contributed by atoms with Crippen molar-refractivity contribution in [1.82, 2.24) is 0 Å². The van der Waals surface area contributed by atoms with E-state index < -0.39 is 10.5 Å². The Bertz CT molecular complexity index is 716. The van der Waals surface area contributed by atoms with Gasteiger partial charge in [-0.1, -0.05) is 28.2 Å². The summed E-state index contributed by atoms with van der Waals surface area (Å²) < 4.78 is 37.0. The van der Waals surface area contributed by atoms with Gasteiger partial charge in [-0.2, -0.15) is 13.7 Å². The van der Waals surface area contributed by atoms with Gasteiger partial charge in [0.05, 0.1) is 11.6 Å². The highest BCUT2D eigenvalue weighted by atomic mass is 32.3. The van der Waals surface area contributed by atoms with Gasteiger partial charge in [-0.3, -0.25) is 0 Å². The number of hydrogen-bond donors (Lipinski definition) is 0. The average Bonchev–Trinajstić information content (AvgIpc) is 2.38. The predicted molar refractivity (Wildman–Crippen MR) is 67.2 cm³/mol. The Kier molecular flexibility index (Phi) is 3.49. The first kappa shape index (κ1) is 13.1. The predicted octanol–water partition coefficient (Wildman–Crippen LogP) is 2.82. The van der Waals surface area contributed by atoms with E-state index in [0.717, 1.165) is 11.1 Å². The minimum Gasteiger partial charge on any atom is -0.358 e. The van der Waals surface area contributed by atoms with Crippen LogP contribution < -0.4 is 4.18 Å². The second-order valence-corrected chi connectivity index (χ2v) is 4.64. The van der Waals surface area contributed by atoms with E-state index in [1.807, 2.05) is 6.07 Å². The van der Waals surface area contributed by atoms with Gasteiger partial charge >= 0.3 is 10.5 Å². The molecule has 2 aromatic rings. The highest BCUT2D eigenvalue weighted by Crippen LogP contribution is 2.23. The zero-order valence-electron chi connectivity index (χ0n) is 9.58. The third kappa shape index (κ3) is 3.53. The molecule has 0 aliphatic rings. The minimum absolute atomic E-state index is 0.0973. The van der Waals surface area contributed by atoms with Crippen molar-refractivity contribution < 1.29 is 16.5 Å². The Labute approximate surface area is 110 Å². The first-order valence-electron chi connectivity index (χ1n) is 5.22. The van der Waals surface area contributed by atoms with Crippen LogP contribution >= 0.6 is 0 Å². The Morgan fingerprint density at radius 1 is 0.947 bits per heavy atom. The quantitative estimate of drug-likeness (QED) is 0.809. The summed E-state index contributed by atoms with van der Waals surface area (Å²) in [4.78, 5) is 0. The van der Waals surface area contributed by atoms with Crippen LogP contribution in [0.1, 0.15) is 5.56 Å². The third-order valence-corrected chi connectivity index (χ3v) is 2.79. The van der Waals surface area contributed by atoms with E-state index in [9.17, 15) is 12.3 Å². The lowest BCUT2D eigenvalue weighted by Gasteiger charge is -2.03. The summed E-state index contributed by atoms with van der Waals surface area (Å²) >= 11 is 0. The van der Waals surface area contributed by atoms with Crippen molar-refractivity contribution in [2.45, 2.75) is 0 Å². The Balaban J connectivity index is 2.25. The molecular formula is C13H8FNO3S. The SMILES string of the molecule is N#Cc1ccc(-c2ccc(OS(=O)(=O)F)cc2)cc1. The van der Waals surface area contributed by atoms with Crippen molar-refractivity contribution in [3.63, 3.8) is 0 Å². The molecule has 0 N–H and O–H groups in total. The normalized spacial score (nSPS) is 10.7. The zero-order valence-corrected chi connectivity index (χ0v) is 10.4. The maximum Gasteiger partial charge on any atom is 0.488 e. The van der Waals surface area contributed by atoms with Crippen LogP contribution in [0, 0.1) is 11.3 Å². The summed E-state index contributed by atoms with van der Waals surface area (Å²) in [6, 6.07) is 14.8. The van der Waals surface area contributed by atoms with Crippen LogP contribution in [0.2, 0.25) is 0 Å². The van der Waals surface area contributed by atoms with Gasteiger partial charge in [0.15, 0.2) is 0 Å². The van der Waals surface area contributed by atoms with Gasteiger partial charge < -0.3 is 4.18 Å². The van der Waals surface area contributed by atoms with E-state index in [0.29, 0.717) is 5.56 Å². The van der Waals surface area contributed by atoms with Crippen LogP contribution in [-0.2, 0) is 10.5 Å². The molecule has 0 unspecified atom stereocenters. The average molecular weight is 277 g/mol. The van der Waals surface area contributed by atoms with Gasteiger partial charge in [0.1, 0.15) is 5.75 Å². The number of benzene rings is 2. The van der Waals surface area contributed by atoms with E-state index in [4.69, 9.17) is 5.26 Å². The number of nitriles is 1. The van der Waals surface area contributed by atoms with Crippen molar-refractivity contribution in [3.05, 3.63) is 54.1 Å². The molecule has 19 heavy (non-hydrogen) atoms. The fraction of sp³-hybridized carbons (Fsp3) is 0. The summed E-state index contributed by atoms with van der Waals surface area (Å²) in [5.41, 5.74) is 2.20. The molecular weight excluding hydrogens is 269 g/mol. The molecule has 96 valence electrons. The molecule has 0 bridgehead atoms. The Hall–Kier alpha value is -2.39. The van der Waals surface area contributed by atoms with Gasteiger partial charge in [-0.25, -0.2) is 0 Å². The highest BCUT2D eigenvalue weighted by Gasteiger charge is 2.09.